The number of nitrogens with one attached hydrogen (secondary N) is 2. The fourth-order valence-electron chi connectivity index (χ4n) is 4.43. The molecule has 1 aliphatic carbocycles. The van der Waals surface area contributed by atoms with Crippen LogP contribution in [0.4, 0.5) is 0 Å². The first-order valence-electron chi connectivity index (χ1n) is 10.5. The lowest BCUT2D eigenvalue weighted by Gasteiger charge is -2.29. The molecule has 1 saturated heterocycles. The predicted octanol–water partition coefficient (Wildman–Crippen LogP) is 1.75. The quantitative estimate of drug-likeness (QED) is 0.602. The van der Waals surface area contributed by atoms with E-state index in [1.54, 1.807) is 17.4 Å². The van der Waals surface area contributed by atoms with E-state index in [1.165, 1.54) is 32.1 Å². The van der Waals surface area contributed by atoms with E-state index < -0.39 is 6.04 Å². The maximum Gasteiger partial charge on any atom is 0.242 e. The van der Waals surface area contributed by atoms with Gasteiger partial charge < -0.3 is 20.9 Å². The molecule has 0 bridgehead atoms. The highest BCUT2D eigenvalue weighted by atomic mass is 16.2. The van der Waals surface area contributed by atoms with Gasteiger partial charge in [0.1, 0.15) is 6.04 Å². The Bertz CT molecular complexity index is 598. The molecule has 7 nitrogen and oxygen atoms in total. The molecule has 0 unspecified atom stereocenters. The molecule has 2 atom stereocenters. The Morgan fingerprint density at radius 3 is 2.81 bits per heavy atom. The van der Waals surface area contributed by atoms with Crippen LogP contribution in [0.3, 0.4) is 0 Å². The van der Waals surface area contributed by atoms with Gasteiger partial charge in [-0.05, 0) is 38.0 Å². The summed E-state index contributed by atoms with van der Waals surface area (Å²) in [6.07, 6.45) is 13.7. The maximum atomic E-state index is 12.8. The molecule has 2 heterocycles. The third-order valence-electron chi connectivity index (χ3n) is 5.94. The van der Waals surface area contributed by atoms with Gasteiger partial charge in [0.25, 0.3) is 0 Å². The number of carbonyl (C=O) groups excluding carboxylic acids is 2. The second-order valence-corrected chi connectivity index (χ2v) is 8.01. The van der Waals surface area contributed by atoms with Crippen LogP contribution in [0.5, 0.6) is 0 Å². The fraction of sp³-hybridized carbons (Fsp3) is 0.750. The smallest absolute Gasteiger partial charge is 0.242 e. The summed E-state index contributed by atoms with van der Waals surface area (Å²) in [7, 11) is 0. The summed E-state index contributed by atoms with van der Waals surface area (Å²) < 4.78 is 0. The minimum absolute atomic E-state index is 0.0457. The minimum Gasteiger partial charge on any atom is -0.354 e. The number of amides is 2. The zero-order valence-electron chi connectivity index (χ0n) is 16.2. The van der Waals surface area contributed by atoms with E-state index in [0.717, 1.165) is 37.8 Å². The van der Waals surface area contributed by atoms with Crippen LogP contribution in [0.15, 0.2) is 12.5 Å². The number of imidazole rings is 1. The second-order valence-electron chi connectivity index (χ2n) is 8.01. The Labute approximate surface area is 161 Å². The van der Waals surface area contributed by atoms with Crippen LogP contribution in [0.2, 0.25) is 0 Å². The molecule has 2 amide bonds. The molecule has 4 N–H and O–H groups in total. The Kier molecular flexibility index (Phi) is 7.26. The van der Waals surface area contributed by atoms with Gasteiger partial charge in [-0.15, -0.1) is 0 Å². The third-order valence-corrected chi connectivity index (χ3v) is 5.94. The number of hydrogen-bond donors (Lipinski definition) is 3. The lowest BCUT2D eigenvalue weighted by Crippen LogP contribution is -2.51. The largest absolute Gasteiger partial charge is 0.354 e. The molecule has 1 aromatic rings. The van der Waals surface area contributed by atoms with Crippen LogP contribution >= 0.6 is 0 Å². The van der Waals surface area contributed by atoms with E-state index in [1.807, 2.05) is 0 Å². The highest BCUT2D eigenvalue weighted by molar-refractivity contribution is 5.90. The van der Waals surface area contributed by atoms with Crippen LogP contribution in [-0.2, 0) is 16.0 Å². The van der Waals surface area contributed by atoms with Gasteiger partial charge >= 0.3 is 0 Å². The average molecular weight is 376 g/mol. The van der Waals surface area contributed by atoms with Crippen molar-refractivity contribution in [1.29, 1.82) is 0 Å². The lowest BCUT2D eigenvalue weighted by atomic mass is 9.84. The van der Waals surface area contributed by atoms with E-state index in [0.29, 0.717) is 19.0 Å². The summed E-state index contributed by atoms with van der Waals surface area (Å²) in [5.74, 6) is 0.473. The molecule has 3 rings (SSSR count). The Hall–Kier alpha value is -1.89. The Morgan fingerprint density at radius 2 is 2.07 bits per heavy atom. The fourth-order valence-corrected chi connectivity index (χ4v) is 4.43. The number of rotatable bonds is 8. The highest BCUT2D eigenvalue weighted by Crippen LogP contribution is 2.28. The Morgan fingerprint density at radius 1 is 1.26 bits per heavy atom. The summed E-state index contributed by atoms with van der Waals surface area (Å²) in [4.78, 5) is 34.2. The van der Waals surface area contributed by atoms with Gasteiger partial charge in [0, 0.05) is 25.0 Å². The van der Waals surface area contributed by atoms with Gasteiger partial charge in [-0.25, -0.2) is 4.98 Å². The zero-order chi connectivity index (χ0) is 19.1. The predicted molar refractivity (Wildman–Crippen MR) is 104 cm³/mol. The first kappa shape index (κ1) is 19.9. The molecule has 0 spiro atoms. The molecule has 2 aliphatic rings. The van der Waals surface area contributed by atoms with Gasteiger partial charge in [-0.3, -0.25) is 9.59 Å². The van der Waals surface area contributed by atoms with Gasteiger partial charge in [-0.2, -0.15) is 0 Å². The van der Waals surface area contributed by atoms with Crippen molar-refractivity contribution in [3.63, 3.8) is 0 Å². The number of carbonyl (C=O) groups is 2. The monoisotopic (exact) mass is 375 g/mol. The standard InChI is InChI=1S/C20H33N5O2/c21-17(12-15-6-2-1-3-7-15)20(27)25-11-5-9-18(25)19(26)23-10-4-8-16-13-22-14-24-16/h13-15,17-18H,1-12,21H2,(H,22,24)(H,23,26)/t17-,18+/m1/s1. The van der Waals surface area contributed by atoms with Crippen LogP contribution in [0, 0.1) is 5.92 Å². The Balaban J connectivity index is 1.43. The van der Waals surface area contributed by atoms with Crippen LogP contribution in [0.1, 0.15) is 63.5 Å². The number of nitrogens with two attached hydrogens (primary N) is 1. The maximum absolute atomic E-state index is 12.8. The van der Waals surface area contributed by atoms with Gasteiger partial charge in [0.05, 0.1) is 12.4 Å². The number of nitrogens with zero attached hydrogens (tertiary/aromatic N) is 2. The van der Waals surface area contributed by atoms with E-state index in [-0.39, 0.29) is 17.9 Å². The SMILES string of the molecule is N[C@H](CC1CCCCC1)C(=O)N1CCC[C@H]1C(=O)NCCCc1cnc[nH]1. The first-order valence-corrected chi connectivity index (χ1v) is 10.5. The molecule has 0 radical (unpaired) electrons. The number of H-pyrrole nitrogens is 1. The van der Waals surface area contributed by atoms with Crippen LogP contribution in [0.25, 0.3) is 0 Å². The molecule has 150 valence electrons. The van der Waals surface area contributed by atoms with Crippen molar-refractivity contribution in [2.75, 3.05) is 13.1 Å². The third kappa shape index (κ3) is 5.54. The highest BCUT2D eigenvalue weighted by Gasteiger charge is 2.36. The summed E-state index contributed by atoms with van der Waals surface area (Å²) >= 11 is 0. The molecule has 2 fully saturated rings. The van der Waals surface area contributed by atoms with E-state index in [4.69, 9.17) is 5.73 Å². The van der Waals surface area contributed by atoms with E-state index in [2.05, 4.69) is 15.3 Å². The second kappa shape index (κ2) is 9.88. The van der Waals surface area contributed by atoms with Gasteiger partial charge in [0.2, 0.25) is 11.8 Å². The molecule has 27 heavy (non-hydrogen) atoms. The molecule has 1 aromatic heterocycles. The van der Waals surface area contributed by atoms with Crippen molar-refractivity contribution >= 4 is 11.8 Å². The lowest BCUT2D eigenvalue weighted by molar-refractivity contribution is -0.139. The molecular weight excluding hydrogens is 342 g/mol. The van der Waals surface area contributed by atoms with E-state index >= 15 is 0 Å². The summed E-state index contributed by atoms with van der Waals surface area (Å²) in [6, 6.07) is -0.830. The van der Waals surface area contributed by atoms with Crippen molar-refractivity contribution in [2.45, 2.75) is 76.3 Å². The van der Waals surface area contributed by atoms with Crippen LogP contribution < -0.4 is 11.1 Å². The van der Waals surface area contributed by atoms with E-state index in [9.17, 15) is 9.59 Å². The van der Waals surface area contributed by atoms with Crippen molar-refractivity contribution in [2.24, 2.45) is 11.7 Å². The van der Waals surface area contributed by atoms with Gasteiger partial charge in [0.15, 0.2) is 0 Å². The van der Waals surface area contributed by atoms with Crippen molar-refractivity contribution < 1.29 is 9.59 Å². The summed E-state index contributed by atoms with van der Waals surface area (Å²) in [5, 5.41) is 2.98. The number of aromatic amines is 1. The molecule has 1 aliphatic heterocycles. The van der Waals surface area contributed by atoms with Crippen molar-refractivity contribution in [3.05, 3.63) is 18.2 Å². The first-order chi connectivity index (χ1) is 13.1. The normalized spacial score (nSPS) is 22.0. The molecule has 1 saturated carbocycles. The molecule has 7 heteroatoms. The number of aryl methyl sites for hydroxylation is 1. The van der Waals surface area contributed by atoms with Gasteiger partial charge in [-0.1, -0.05) is 32.1 Å². The number of aromatic nitrogens is 2. The minimum atomic E-state index is -0.470. The number of hydrogen-bond acceptors (Lipinski definition) is 4. The summed E-state index contributed by atoms with van der Waals surface area (Å²) in [5.41, 5.74) is 7.30. The van der Waals surface area contributed by atoms with Crippen molar-refractivity contribution in [1.82, 2.24) is 20.2 Å². The number of likely N-dealkylation sites (tertiary alicyclic amines) is 1. The van der Waals surface area contributed by atoms with Crippen molar-refractivity contribution in [3.8, 4) is 0 Å². The average Bonchev–Trinajstić information content (AvgIpc) is 3.37. The molecule has 0 aromatic carbocycles. The zero-order valence-corrected chi connectivity index (χ0v) is 16.2. The topological polar surface area (TPSA) is 104 Å². The van der Waals surface area contributed by atoms with Crippen LogP contribution in [-0.4, -0.2) is 51.9 Å². The molecular formula is C20H33N5O2. The summed E-state index contributed by atoms with van der Waals surface area (Å²) in [6.45, 7) is 1.24.